The van der Waals surface area contributed by atoms with Crippen LogP contribution in [0, 0.1) is 17.6 Å². The van der Waals surface area contributed by atoms with Gasteiger partial charge in [-0.3, -0.25) is 9.59 Å². The van der Waals surface area contributed by atoms with Gasteiger partial charge in [0.2, 0.25) is 0 Å². The van der Waals surface area contributed by atoms with Gasteiger partial charge in [-0.05, 0) is 83.0 Å². The molecule has 1 saturated carbocycles. The number of hydrazone groups is 1. The molecule has 1 heterocycles. The maximum absolute atomic E-state index is 13.8. The van der Waals surface area contributed by atoms with Crippen LogP contribution in [0.1, 0.15) is 42.0 Å². The average molecular weight is 577 g/mol. The van der Waals surface area contributed by atoms with Gasteiger partial charge in [-0.15, -0.1) is 0 Å². The minimum absolute atomic E-state index is 0.0332. The van der Waals surface area contributed by atoms with Crippen LogP contribution in [-0.2, 0) is 20.7 Å². The Kier molecular flexibility index (Phi) is 8.22. The van der Waals surface area contributed by atoms with Crippen LogP contribution in [0.25, 0.3) is 17.2 Å². The summed E-state index contributed by atoms with van der Waals surface area (Å²) in [5, 5.41) is 6.15. The number of nitrogens with zero attached hydrogens (tertiary/aromatic N) is 2. The molecule has 1 aliphatic carbocycles. The minimum Gasteiger partial charge on any atom is -0.455 e. The summed E-state index contributed by atoms with van der Waals surface area (Å²) in [6, 6.07) is 29.5. The molecule has 216 valence electrons. The fourth-order valence-corrected chi connectivity index (χ4v) is 5.83. The van der Waals surface area contributed by atoms with Gasteiger partial charge >= 0.3 is 5.97 Å². The number of allylic oxidation sites excluding steroid dienone is 1. The Morgan fingerprint density at radius 3 is 2.19 bits per heavy atom. The van der Waals surface area contributed by atoms with Gasteiger partial charge in [-0.2, -0.15) is 5.10 Å². The number of amides is 1. The van der Waals surface area contributed by atoms with E-state index in [1.165, 1.54) is 29.3 Å². The molecule has 43 heavy (non-hydrogen) atoms. The Hall–Kier alpha value is -4.91. The van der Waals surface area contributed by atoms with Gasteiger partial charge in [-0.1, -0.05) is 78.9 Å². The van der Waals surface area contributed by atoms with E-state index in [0.717, 1.165) is 58.4 Å². The highest BCUT2D eigenvalue weighted by molar-refractivity contribution is 6.08. The number of esters is 1. The third kappa shape index (κ3) is 6.46. The highest BCUT2D eigenvalue weighted by Crippen LogP contribution is 2.44. The van der Waals surface area contributed by atoms with Crippen molar-refractivity contribution >= 4 is 23.7 Å². The number of carbonyl (C=O) groups is 2. The van der Waals surface area contributed by atoms with Crippen molar-refractivity contribution in [1.82, 2.24) is 5.01 Å². The van der Waals surface area contributed by atoms with Gasteiger partial charge < -0.3 is 4.74 Å². The second kappa shape index (κ2) is 12.5. The van der Waals surface area contributed by atoms with E-state index in [0.29, 0.717) is 0 Å². The summed E-state index contributed by atoms with van der Waals surface area (Å²) in [5.41, 5.74) is 6.26. The summed E-state index contributed by atoms with van der Waals surface area (Å²) in [5.74, 6) is -1.75. The number of benzene rings is 4. The molecule has 0 aromatic heterocycles. The number of carbonyl (C=O) groups excluding carboxylic acids is 2. The first-order valence-electron chi connectivity index (χ1n) is 14.4. The monoisotopic (exact) mass is 576 g/mol. The predicted octanol–water partition coefficient (Wildman–Crippen LogP) is 7.54. The second-order valence-electron chi connectivity index (χ2n) is 10.8. The van der Waals surface area contributed by atoms with E-state index in [-0.39, 0.29) is 24.0 Å². The lowest BCUT2D eigenvalue weighted by molar-refractivity contribution is -0.152. The van der Waals surface area contributed by atoms with E-state index in [1.54, 1.807) is 24.3 Å². The van der Waals surface area contributed by atoms with Gasteiger partial charge in [0.1, 0.15) is 11.6 Å². The first-order valence-corrected chi connectivity index (χ1v) is 14.4. The van der Waals surface area contributed by atoms with Crippen LogP contribution in [0.15, 0.2) is 114 Å². The quantitative estimate of drug-likeness (QED) is 0.214. The molecule has 0 radical (unpaired) electrons. The fraction of sp³-hybridized carbons (Fsp3) is 0.194. The van der Waals surface area contributed by atoms with Crippen LogP contribution >= 0.6 is 0 Å². The summed E-state index contributed by atoms with van der Waals surface area (Å²) < 4.78 is 32.7. The van der Waals surface area contributed by atoms with Gasteiger partial charge in [0.25, 0.3) is 5.91 Å². The smallest absolute Gasteiger partial charge is 0.310 e. The summed E-state index contributed by atoms with van der Waals surface area (Å²) >= 11 is 0. The molecule has 7 heteroatoms. The molecule has 2 atom stereocenters. The Bertz CT molecular complexity index is 1660. The van der Waals surface area contributed by atoms with Gasteiger partial charge in [0.15, 0.2) is 6.61 Å². The SMILES string of the molecule is O=C(Cc1ccc(-c2ccccc2)cc1)OCC(=O)N1N=C2/C(=C\c3ccc(F)cc3)CCC[C@H]2[C@@H]1c1ccc(F)cc1. The van der Waals surface area contributed by atoms with Crippen molar-refractivity contribution in [1.29, 1.82) is 0 Å². The molecule has 1 aliphatic heterocycles. The number of hydrogen-bond donors (Lipinski definition) is 0. The number of ether oxygens (including phenoxy) is 1. The van der Waals surface area contributed by atoms with E-state index < -0.39 is 24.5 Å². The summed E-state index contributed by atoms with van der Waals surface area (Å²) in [6.45, 7) is -0.459. The van der Waals surface area contributed by atoms with E-state index in [1.807, 2.05) is 60.7 Å². The zero-order valence-corrected chi connectivity index (χ0v) is 23.5. The molecule has 6 rings (SSSR count). The van der Waals surface area contributed by atoms with Crippen molar-refractivity contribution in [3.8, 4) is 11.1 Å². The Morgan fingerprint density at radius 2 is 1.49 bits per heavy atom. The van der Waals surface area contributed by atoms with Crippen molar-refractivity contribution in [3.05, 3.63) is 137 Å². The number of fused-ring (bicyclic) bond motifs is 1. The lowest BCUT2D eigenvalue weighted by Crippen LogP contribution is -2.34. The maximum Gasteiger partial charge on any atom is 0.310 e. The maximum atomic E-state index is 13.8. The lowest BCUT2D eigenvalue weighted by Gasteiger charge is -2.29. The molecule has 0 bridgehead atoms. The third-order valence-electron chi connectivity index (χ3n) is 7.95. The van der Waals surface area contributed by atoms with Crippen molar-refractivity contribution < 1.29 is 23.1 Å². The van der Waals surface area contributed by atoms with E-state index in [4.69, 9.17) is 9.84 Å². The molecule has 4 aromatic carbocycles. The van der Waals surface area contributed by atoms with Crippen LogP contribution in [0.5, 0.6) is 0 Å². The van der Waals surface area contributed by atoms with Gasteiger partial charge in [0, 0.05) is 5.92 Å². The summed E-state index contributed by atoms with van der Waals surface area (Å²) in [6.07, 6.45) is 4.45. The molecule has 0 N–H and O–H groups in total. The van der Waals surface area contributed by atoms with Crippen LogP contribution in [0.4, 0.5) is 8.78 Å². The predicted molar refractivity (Wildman–Crippen MR) is 162 cm³/mol. The highest BCUT2D eigenvalue weighted by Gasteiger charge is 2.43. The first-order chi connectivity index (χ1) is 20.9. The normalized spacial score (nSPS) is 18.7. The summed E-state index contributed by atoms with van der Waals surface area (Å²) in [4.78, 5) is 26.2. The largest absolute Gasteiger partial charge is 0.455 e. The van der Waals surface area contributed by atoms with Gasteiger partial charge in [-0.25, -0.2) is 13.8 Å². The Labute approximate surface area is 249 Å². The highest BCUT2D eigenvalue weighted by atomic mass is 19.1. The Balaban J connectivity index is 1.18. The number of hydrogen-bond acceptors (Lipinski definition) is 4. The van der Waals surface area contributed by atoms with Crippen LogP contribution in [0.2, 0.25) is 0 Å². The molecular formula is C36H30F2N2O3. The lowest BCUT2D eigenvalue weighted by atomic mass is 9.77. The molecule has 2 aliphatic rings. The molecule has 4 aromatic rings. The average Bonchev–Trinajstić information content (AvgIpc) is 3.43. The third-order valence-corrected chi connectivity index (χ3v) is 7.95. The molecule has 0 spiro atoms. The van der Waals surface area contributed by atoms with Crippen LogP contribution in [0.3, 0.4) is 0 Å². The topological polar surface area (TPSA) is 59.0 Å². The number of halogens is 2. The fourth-order valence-electron chi connectivity index (χ4n) is 5.83. The Morgan fingerprint density at radius 1 is 0.837 bits per heavy atom. The van der Waals surface area contributed by atoms with Crippen LogP contribution < -0.4 is 0 Å². The number of rotatable bonds is 7. The van der Waals surface area contributed by atoms with Crippen molar-refractivity contribution in [2.75, 3.05) is 6.61 Å². The zero-order valence-electron chi connectivity index (χ0n) is 23.5. The molecule has 5 nitrogen and oxygen atoms in total. The zero-order chi connectivity index (χ0) is 29.8. The molecule has 0 saturated heterocycles. The standard InChI is InChI=1S/C36H30F2N2O3/c37-30-17-11-24(12-18-30)21-29-7-4-8-32-35(29)39-40(36(32)28-15-19-31(38)20-16-28)33(41)23-43-34(42)22-25-9-13-27(14-10-25)26-5-2-1-3-6-26/h1-3,5-6,9-21,32,36H,4,7-8,22-23H2/b29-21-/t32-,36+/m1/s1. The van der Waals surface area contributed by atoms with E-state index >= 15 is 0 Å². The molecular weight excluding hydrogens is 546 g/mol. The van der Waals surface area contributed by atoms with Crippen LogP contribution in [-0.4, -0.2) is 29.2 Å². The first kappa shape index (κ1) is 28.2. The molecule has 1 fully saturated rings. The van der Waals surface area contributed by atoms with Crippen molar-refractivity contribution in [2.24, 2.45) is 11.0 Å². The molecule has 0 unspecified atom stereocenters. The van der Waals surface area contributed by atoms with Gasteiger partial charge in [0.05, 0.1) is 18.2 Å². The molecule has 1 amide bonds. The van der Waals surface area contributed by atoms with E-state index in [2.05, 4.69) is 0 Å². The van der Waals surface area contributed by atoms with E-state index in [9.17, 15) is 18.4 Å². The van der Waals surface area contributed by atoms with Crippen molar-refractivity contribution in [3.63, 3.8) is 0 Å². The van der Waals surface area contributed by atoms with Crippen molar-refractivity contribution in [2.45, 2.75) is 31.7 Å². The second-order valence-corrected chi connectivity index (χ2v) is 10.8. The minimum atomic E-state index is -0.514. The summed E-state index contributed by atoms with van der Waals surface area (Å²) in [7, 11) is 0.